The zero-order valence-electron chi connectivity index (χ0n) is 8.88. The second kappa shape index (κ2) is 5.21. The molecule has 1 aliphatic heterocycles. The molecule has 0 saturated carbocycles. The molecule has 5 nitrogen and oxygen atoms in total. The molecule has 100 valence electrons. The summed E-state index contributed by atoms with van der Waals surface area (Å²) in [5.74, 6) is -2.22. The van der Waals surface area contributed by atoms with Crippen LogP contribution in [0.4, 0.5) is 13.2 Å². The van der Waals surface area contributed by atoms with E-state index in [0.29, 0.717) is 13.1 Å². The molecule has 0 bridgehead atoms. The predicted molar refractivity (Wildman–Crippen MR) is 54.1 cm³/mol. The Morgan fingerprint density at radius 1 is 1.35 bits per heavy atom. The van der Waals surface area contributed by atoms with Crippen LogP contribution in [0.5, 0.6) is 0 Å². The van der Waals surface area contributed by atoms with E-state index in [1.165, 1.54) is 5.32 Å². The van der Waals surface area contributed by atoms with Gasteiger partial charge in [-0.05, 0) is 5.92 Å². The molecule has 0 atom stereocenters. The minimum Gasteiger partial charge on any atom is -0.346 e. The van der Waals surface area contributed by atoms with Crippen LogP contribution < -0.4 is 10.6 Å². The Kier molecular flexibility index (Phi) is 4.36. The maximum absolute atomic E-state index is 11.8. The van der Waals surface area contributed by atoms with E-state index in [4.69, 9.17) is 0 Å². The molecule has 2 N–H and O–H groups in total. The number of hydrogen-bond acceptors (Lipinski definition) is 4. The van der Waals surface area contributed by atoms with E-state index in [0.717, 1.165) is 0 Å². The molecule has 0 aliphatic carbocycles. The quantitative estimate of drug-likeness (QED) is 0.695. The Bertz CT molecular complexity index is 376. The number of halogens is 3. The SMILES string of the molecule is O=C(CS(=O)(=O)CC1CNC1)NCC(F)(F)F. The standard InChI is InChI=1S/C8H13F3N2O3S/c9-8(10,11)5-13-7(14)4-17(15,16)3-6-1-12-2-6/h6,12H,1-5H2,(H,13,14). The fraction of sp³-hybridized carbons (Fsp3) is 0.875. The molecule has 0 unspecified atom stereocenters. The number of rotatable bonds is 5. The van der Waals surface area contributed by atoms with E-state index in [-0.39, 0.29) is 11.7 Å². The van der Waals surface area contributed by atoms with Crippen LogP contribution in [0.15, 0.2) is 0 Å². The van der Waals surface area contributed by atoms with Gasteiger partial charge in [-0.25, -0.2) is 8.42 Å². The van der Waals surface area contributed by atoms with Crippen LogP contribution >= 0.6 is 0 Å². The van der Waals surface area contributed by atoms with Gasteiger partial charge in [0.2, 0.25) is 5.91 Å². The maximum Gasteiger partial charge on any atom is 0.405 e. The van der Waals surface area contributed by atoms with Crippen molar-refractivity contribution in [1.82, 2.24) is 10.6 Å². The van der Waals surface area contributed by atoms with Crippen molar-refractivity contribution in [3.8, 4) is 0 Å². The summed E-state index contributed by atoms with van der Waals surface area (Å²) >= 11 is 0. The maximum atomic E-state index is 11.8. The van der Waals surface area contributed by atoms with Crippen molar-refractivity contribution in [1.29, 1.82) is 0 Å². The molecule has 0 aromatic rings. The summed E-state index contributed by atoms with van der Waals surface area (Å²) in [6, 6.07) is 0. The third kappa shape index (κ3) is 5.87. The summed E-state index contributed by atoms with van der Waals surface area (Å²) in [5.41, 5.74) is 0. The summed E-state index contributed by atoms with van der Waals surface area (Å²) in [4.78, 5) is 11.0. The molecule has 0 spiro atoms. The number of carbonyl (C=O) groups excluding carboxylic acids is 1. The first-order chi connectivity index (χ1) is 7.68. The van der Waals surface area contributed by atoms with E-state index in [1.807, 2.05) is 0 Å². The lowest BCUT2D eigenvalue weighted by Gasteiger charge is -2.26. The summed E-state index contributed by atoms with van der Waals surface area (Å²) in [6.07, 6.45) is -4.53. The summed E-state index contributed by atoms with van der Waals surface area (Å²) in [6.45, 7) is -0.390. The monoisotopic (exact) mass is 274 g/mol. The van der Waals surface area contributed by atoms with Crippen LogP contribution in [0, 0.1) is 5.92 Å². The molecule has 1 amide bonds. The summed E-state index contributed by atoms with van der Waals surface area (Å²) < 4.78 is 58.0. The zero-order chi connectivity index (χ0) is 13.1. The molecule has 17 heavy (non-hydrogen) atoms. The normalized spacial score (nSPS) is 17.6. The van der Waals surface area contributed by atoms with Crippen LogP contribution in [0.3, 0.4) is 0 Å². The van der Waals surface area contributed by atoms with E-state index in [9.17, 15) is 26.4 Å². The van der Waals surface area contributed by atoms with Crippen LogP contribution in [-0.4, -0.2) is 51.6 Å². The van der Waals surface area contributed by atoms with E-state index < -0.39 is 34.2 Å². The third-order valence-electron chi connectivity index (χ3n) is 2.19. The van der Waals surface area contributed by atoms with E-state index in [2.05, 4.69) is 5.32 Å². The Morgan fingerprint density at radius 3 is 2.35 bits per heavy atom. The van der Waals surface area contributed by atoms with Gasteiger partial charge in [0.15, 0.2) is 9.84 Å². The highest BCUT2D eigenvalue weighted by molar-refractivity contribution is 7.92. The minimum atomic E-state index is -4.53. The Hall–Kier alpha value is -0.830. The van der Waals surface area contributed by atoms with Crippen LogP contribution in [0.25, 0.3) is 0 Å². The zero-order valence-corrected chi connectivity index (χ0v) is 9.70. The van der Waals surface area contributed by atoms with Crippen molar-refractivity contribution in [2.24, 2.45) is 5.92 Å². The summed E-state index contributed by atoms with van der Waals surface area (Å²) in [5, 5.41) is 4.40. The average Bonchev–Trinajstić information content (AvgIpc) is 2.07. The van der Waals surface area contributed by atoms with Gasteiger partial charge in [-0.1, -0.05) is 0 Å². The number of alkyl halides is 3. The van der Waals surface area contributed by atoms with Crippen molar-refractivity contribution in [3.05, 3.63) is 0 Å². The lowest BCUT2D eigenvalue weighted by Crippen LogP contribution is -2.47. The molecule has 1 heterocycles. The molecule has 1 saturated heterocycles. The van der Waals surface area contributed by atoms with E-state index in [1.54, 1.807) is 0 Å². The number of hydrogen-bond donors (Lipinski definition) is 2. The lowest BCUT2D eigenvalue weighted by molar-refractivity contribution is -0.137. The van der Waals surface area contributed by atoms with Crippen molar-refractivity contribution < 1.29 is 26.4 Å². The molecule has 0 aromatic heterocycles. The van der Waals surface area contributed by atoms with Crippen LogP contribution in [0.2, 0.25) is 0 Å². The van der Waals surface area contributed by atoms with E-state index >= 15 is 0 Å². The molecule has 0 aromatic carbocycles. The van der Waals surface area contributed by atoms with Gasteiger partial charge in [0.1, 0.15) is 12.3 Å². The molecule has 9 heteroatoms. The fourth-order valence-electron chi connectivity index (χ4n) is 1.33. The van der Waals surface area contributed by atoms with Gasteiger partial charge in [-0.2, -0.15) is 13.2 Å². The lowest BCUT2D eigenvalue weighted by atomic mass is 10.1. The molecule has 1 fully saturated rings. The Labute approximate surface area is 96.7 Å². The second-order valence-corrected chi connectivity index (χ2v) is 6.08. The van der Waals surface area contributed by atoms with Gasteiger partial charge in [-0.15, -0.1) is 0 Å². The second-order valence-electron chi connectivity index (χ2n) is 3.97. The Morgan fingerprint density at radius 2 is 1.94 bits per heavy atom. The number of amides is 1. The molecular formula is C8H13F3N2O3S. The highest BCUT2D eigenvalue weighted by Crippen LogP contribution is 2.12. The molecule has 1 rings (SSSR count). The minimum absolute atomic E-state index is 0.0459. The van der Waals surface area contributed by atoms with Crippen molar-refractivity contribution in [2.75, 3.05) is 31.1 Å². The highest BCUT2D eigenvalue weighted by atomic mass is 32.2. The summed E-state index contributed by atoms with van der Waals surface area (Å²) in [7, 11) is -3.63. The topological polar surface area (TPSA) is 75.3 Å². The van der Waals surface area contributed by atoms with Crippen LogP contribution in [-0.2, 0) is 14.6 Å². The smallest absolute Gasteiger partial charge is 0.346 e. The van der Waals surface area contributed by atoms with Gasteiger partial charge in [0.25, 0.3) is 0 Å². The number of carbonyl (C=O) groups is 1. The Balaban J connectivity index is 2.33. The van der Waals surface area contributed by atoms with Crippen molar-refractivity contribution in [2.45, 2.75) is 6.18 Å². The first-order valence-corrected chi connectivity index (χ1v) is 6.75. The molecule has 0 radical (unpaired) electrons. The van der Waals surface area contributed by atoms with Gasteiger partial charge >= 0.3 is 6.18 Å². The first-order valence-electron chi connectivity index (χ1n) is 4.92. The fourth-order valence-corrected chi connectivity index (χ4v) is 2.91. The van der Waals surface area contributed by atoms with Gasteiger partial charge in [0, 0.05) is 13.1 Å². The molecular weight excluding hydrogens is 261 g/mol. The van der Waals surface area contributed by atoms with Crippen molar-refractivity contribution >= 4 is 15.7 Å². The highest BCUT2D eigenvalue weighted by Gasteiger charge is 2.30. The van der Waals surface area contributed by atoms with Gasteiger partial charge in [0.05, 0.1) is 5.75 Å². The van der Waals surface area contributed by atoms with Gasteiger partial charge in [-0.3, -0.25) is 4.79 Å². The number of sulfone groups is 1. The molecule has 1 aliphatic rings. The van der Waals surface area contributed by atoms with Gasteiger partial charge < -0.3 is 10.6 Å². The first kappa shape index (κ1) is 14.2. The van der Waals surface area contributed by atoms with Crippen LogP contribution in [0.1, 0.15) is 0 Å². The predicted octanol–water partition coefficient (Wildman–Crippen LogP) is -0.701. The largest absolute Gasteiger partial charge is 0.405 e. The van der Waals surface area contributed by atoms with Crippen molar-refractivity contribution in [3.63, 3.8) is 0 Å². The third-order valence-corrected chi connectivity index (χ3v) is 3.87. The average molecular weight is 274 g/mol. The number of nitrogens with one attached hydrogen (secondary N) is 2.